The molecule has 0 fully saturated rings. The van der Waals surface area contributed by atoms with Gasteiger partial charge in [0.1, 0.15) is 5.75 Å². The van der Waals surface area contributed by atoms with Gasteiger partial charge in [-0.15, -0.1) is 6.58 Å². The van der Waals surface area contributed by atoms with Gasteiger partial charge in [-0.05, 0) is 24.5 Å². The first-order chi connectivity index (χ1) is 8.13. The summed E-state index contributed by atoms with van der Waals surface area (Å²) in [4.78, 5) is 21.5. The summed E-state index contributed by atoms with van der Waals surface area (Å²) in [5, 5.41) is 10.2. The number of rotatable bonds is 6. The lowest BCUT2D eigenvalue weighted by Gasteiger charge is -2.08. The normalized spacial score (nSPS) is 9.65. The Morgan fingerprint density at radius 3 is 2.65 bits per heavy atom. The fourth-order valence-corrected chi connectivity index (χ4v) is 1.31. The van der Waals surface area contributed by atoms with Gasteiger partial charge in [0.05, 0.1) is 6.42 Å². The van der Waals surface area contributed by atoms with Gasteiger partial charge in [0.15, 0.2) is 0 Å². The molecule has 0 heterocycles. The molecule has 0 aromatic heterocycles. The zero-order valence-corrected chi connectivity index (χ0v) is 9.35. The summed E-state index contributed by atoms with van der Waals surface area (Å²) in [6.45, 7) is 3.61. The van der Waals surface area contributed by atoms with Crippen LogP contribution in [0.2, 0.25) is 0 Å². The number of carboxylic acids is 1. The highest BCUT2D eigenvalue weighted by Crippen LogP contribution is 2.19. The zero-order chi connectivity index (χ0) is 12.7. The molecule has 4 heteroatoms. The second kappa shape index (κ2) is 6.48. The van der Waals surface area contributed by atoms with E-state index in [2.05, 4.69) is 6.58 Å². The molecule has 0 atom stereocenters. The minimum absolute atomic E-state index is 0.190. The van der Waals surface area contributed by atoms with E-state index in [-0.39, 0.29) is 12.8 Å². The maximum absolute atomic E-state index is 11.3. The van der Waals surface area contributed by atoms with Crippen molar-refractivity contribution in [2.45, 2.75) is 19.3 Å². The third kappa shape index (κ3) is 4.51. The first-order valence-electron chi connectivity index (χ1n) is 5.23. The number of benzene rings is 1. The Kier molecular flexibility index (Phi) is 4.94. The summed E-state index contributed by atoms with van der Waals surface area (Å²) in [6.07, 6.45) is 1.77. The van der Waals surface area contributed by atoms with Crippen molar-refractivity contribution < 1.29 is 19.4 Å². The molecule has 17 heavy (non-hydrogen) atoms. The number of carboxylic acid groups (broad SMARTS) is 1. The Balaban J connectivity index is 2.63. The molecule has 0 spiro atoms. The van der Waals surface area contributed by atoms with Gasteiger partial charge in [-0.25, -0.2) is 0 Å². The largest absolute Gasteiger partial charge is 0.550 e. The van der Waals surface area contributed by atoms with Gasteiger partial charge in [0.2, 0.25) is 0 Å². The van der Waals surface area contributed by atoms with Crippen molar-refractivity contribution >= 4 is 11.9 Å². The highest BCUT2D eigenvalue weighted by molar-refractivity contribution is 5.77. The van der Waals surface area contributed by atoms with Crippen LogP contribution in [0.1, 0.15) is 18.4 Å². The van der Waals surface area contributed by atoms with Crippen LogP contribution in [0.3, 0.4) is 0 Å². The molecule has 1 rings (SSSR count). The van der Waals surface area contributed by atoms with Crippen LogP contribution in [-0.4, -0.2) is 11.9 Å². The van der Waals surface area contributed by atoms with Crippen LogP contribution in [0, 0.1) is 0 Å². The summed E-state index contributed by atoms with van der Waals surface area (Å²) in [5.41, 5.74) is 0.837. The number of carbonyl (C=O) groups excluding carboxylic acids is 2. The number of hydrogen-bond acceptors (Lipinski definition) is 4. The highest BCUT2D eigenvalue weighted by atomic mass is 16.5. The smallest absolute Gasteiger partial charge is 0.311 e. The SMILES string of the molecule is C=CCc1ccccc1OC(=O)CCC(=O)[O-]. The monoisotopic (exact) mass is 233 g/mol. The molecule has 0 radical (unpaired) electrons. The summed E-state index contributed by atoms with van der Waals surface area (Å²) >= 11 is 0. The molecule has 1 aromatic rings. The highest BCUT2D eigenvalue weighted by Gasteiger charge is 2.07. The van der Waals surface area contributed by atoms with Crippen LogP contribution < -0.4 is 9.84 Å². The molecule has 0 amide bonds. The molecular weight excluding hydrogens is 220 g/mol. The number of esters is 1. The van der Waals surface area contributed by atoms with Gasteiger partial charge < -0.3 is 14.6 Å². The Labute approximate surface area is 99.5 Å². The first kappa shape index (κ1) is 13.0. The number of allylic oxidation sites excluding steroid dienone is 1. The molecule has 90 valence electrons. The molecule has 0 bridgehead atoms. The maximum Gasteiger partial charge on any atom is 0.311 e. The van der Waals surface area contributed by atoms with Crippen LogP contribution in [0.5, 0.6) is 5.75 Å². The summed E-state index contributed by atoms with van der Waals surface area (Å²) in [5.74, 6) is -1.40. The second-order valence-corrected chi connectivity index (χ2v) is 3.45. The van der Waals surface area contributed by atoms with Gasteiger partial charge in [-0.1, -0.05) is 24.3 Å². The third-order valence-corrected chi connectivity index (χ3v) is 2.09. The topological polar surface area (TPSA) is 66.4 Å². The molecule has 1 aromatic carbocycles. The molecule has 0 N–H and O–H groups in total. The van der Waals surface area contributed by atoms with Crippen molar-refractivity contribution in [3.63, 3.8) is 0 Å². The van der Waals surface area contributed by atoms with Crippen molar-refractivity contribution in [1.29, 1.82) is 0 Å². The predicted molar refractivity (Wildman–Crippen MR) is 60.2 cm³/mol. The lowest BCUT2D eigenvalue weighted by Crippen LogP contribution is -2.23. The Morgan fingerprint density at radius 2 is 2.00 bits per heavy atom. The van der Waals surface area contributed by atoms with E-state index >= 15 is 0 Å². The third-order valence-electron chi connectivity index (χ3n) is 2.09. The van der Waals surface area contributed by atoms with Gasteiger partial charge in [0.25, 0.3) is 0 Å². The van der Waals surface area contributed by atoms with Gasteiger partial charge in [-0.3, -0.25) is 4.79 Å². The minimum Gasteiger partial charge on any atom is -0.550 e. The van der Waals surface area contributed by atoms with E-state index in [1.54, 1.807) is 18.2 Å². The maximum atomic E-state index is 11.3. The van der Waals surface area contributed by atoms with Crippen molar-refractivity contribution in [3.05, 3.63) is 42.5 Å². The molecule has 0 unspecified atom stereocenters. The molecular formula is C13H13O4-. The number of carbonyl (C=O) groups is 2. The average molecular weight is 233 g/mol. The van der Waals surface area contributed by atoms with E-state index in [9.17, 15) is 14.7 Å². The molecule has 0 aliphatic rings. The molecule has 0 saturated carbocycles. The Morgan fingerprint density at radius 1 is 1.29 bits per heavy atom. The Bertz CT molecular complexity index is 423. The van der Waals surface area contributed by atoms with E-state index in [1.165, 1.54) is 0 Å². The quantitative estimate of drug-likeness (QED) is 0.415. The van der Waals surface area contributed by atoms with E-state index < -0.39 is 11.9 Å². The Hall–Kier alpha value is -2.10. The van der Waals surface area contributed by atoms with Crippen molar-refractivity contribution in [2.75, 3.05) is 0 Å². The van der Waals surface area contributed by atoms with Crippen molar-refractivity contribution in [3.8, 4) is 5.75 Å². The van der Waals surface area contributed by atoms with Gasteiger partial charge in [-0.2, -0.15) is 0 Å². The standard InChI is InChI=1S/C13H14O4/c1-2-5-10-6-3-4-7-11(10)17-13(16)9-8-12(14)15/h2-4,6-7H,1,5,8-9H2,(H,14,15)/p-1. The van der Waals surface area contributed by atoms with E-state index in [0.29, 0.717) is 12.2 Å². The van der Waals surface area contributed by atoms with Crippen LogP contribution in [0.15, 0.2) is 36.9 Å². The molecule has 4 nitrogen and oxygen atoms in total. The zero-order valence-electron chi connectivity index (χ0n) is 9.35. The van der Waals surface area contributed by atoms with Crippen molar-refractivity contribution in [2.24, 2.45) is 0 Å². The predicted octanol–water partition coefficient (Wildman–Crippen LogP) is 0.851. The number of para-hydroxylation sites is 1. The van der Waals surface area contributed by atoms with Crippen LogP contribution >= 0.6 is 0 Å². The number of aliphatic carboxylic acids is 1. The van der Waals surface area contributed by atoms with E-state index in [0.717, 1.165) is 5.56 Å². The van der Waals surface area contributed by atoms with Gasteiger partial charge in [0, 0.05) is 5.97 Å². The lowest BCUT2D eigenvalue weighted by atomic mass is 10.1. The molecule has 0 aliphatic carbocycles. The number of ether oxygens (including phenoxy) is 1. The van der Waals surface area contributed by atoms with Crippen LogP contribution in [0.4, 0.5) is 0 Å². The van der Waals surface area contributed by atoms with Gasteiger partial charge >= 0.3 is 5.97 Å². The first-order valence-corrected chi connectivity index (χ1v) is 5.23. The van der Waals surface area contributed by atoms with E-state index in [4.69, 9.17) is 4.74 Å². The average Bonchev–Trinajstić information content (AvgIpc) is 2.29. The summed E-state index contributed by atoms with van der Waals surface area (Å²) in [6, 6.07) is 7.06. The van der Waals surface area contributed by atoms with Crippen LogP contribution in [0.25, 0.3) is 0 Å². The fraction of sp³-hybridized carbons (Fsp3) is 0.231. The summed E-state index contributed by atoms with van der Waals surface area (Å²) in [7, 11) is 0. The molecule has 0 aliphatic heterocycles. The van der Waals surface area contributed by atoms with Crippen LogP contribution in [-0.2, 0) is 16.0 Å². The second-order valence-electron chi connectivity index (χ2n) is 3.45. The lowest BCUT2D eigenvalue weighted by molar-refractivity contribution is -0.305. The number of hydrogen-bond donors (Lipinski definition) is 0. The molecule has 0 saturated heterocycles. The summed E-state index contributed by atoms with van der Waals surface area (Å²) < 4.78 is 5.07. The minimum atomic E-state index is -1.26. The van der Waals surface area contributed by atoms with E-state index in [1.807, 2.05) is 12.1 Å². The fourth-order valence-electron chi connectivity index (χ4n) is 1.31. The van der Waals surface area contributed by atoms with Crippen molar-refractivity contribution in [1.82, 2.24) is 0 Å².